The summed E-state index contributed by atoms with van der Waals surface area (Å²) in [5.74, 6) is 2.21. The second kappa shape index (κ2) is 11.1. The number of benzene rings is 2. The monoisotopic (exact) mass is 509 g/mol. The predicted molar refractivity (Wildman–Crippen MR) is 135 cm³/mol. The topological polar surface area (TPSA) is 118 Å². The molecule has 0 aliphatic carbocycles. The van der Waals surface area contributed by atoms with Crippen molar-refractivity contribution >= 4 is 23.5 Å². The molecule has 0 aliphatic heterocycles. The summed E-state index contributed by atoms with van der Waals surface area (Å²) in [5, 5.41) is 19.8. The van der Waals surface area contributed by atoms with E-state index in [0.717, 1.165) is 22.4 Å². The van der Waals surface area contributed by atoms with Crippen molar-refractivity contribution in [2.45, 2.75) is 25.5 Å². The Kier molecular flexibility index (Phi) is 7.74. The van der Waals surface area contributed by atoms with Crippen molar-refractivity contribution in [2.75, 3.05) is 32.4 Å². The van der Waals surface area contributed by atoms with Gasteiger partial charge in [-0.3, -0.25) is 4.79 Å². The first-order valence-electron chi connectivity index (χ1n) is 11.0. The smallest absolute Gasteiger partial charge is 0.235 e. The highest BCUT2D eigenvalue weighted by atomic mass is 32.2. The van der Waals surface area contributed by atoms with Crippen molar-refractivity contribution in [1.29, 1.82) is 0 Å². The van der Waals surface area contributed by atoms with Crippen molar-refractivity contribution in [1.82, 2.24) is 30.0 Å². The largest absolute Gasteiger partial charge is 0.496 e. The Morgan fingerprint density at radius 1 is 1.03 bits per heavy atom. The molecule has 0 radical (unpaired) electrons. The number of tetrazole rings is 1. The molecule has 2 aromatic carbocycles. The van der Waals surface area contributed by atoms with Crippen LogP contribution in [-0.4, -0.2) is 63.0 Å². The Morgan fingerprint density at radius 2 is 1.78 bits per heavy atom. The van der Waals surface area contributed by atoms with Crippen molar-refractivity contribution < 1.29 is 19.0 Å². The van der Waals surface area contributed by atoms with Gasteiger partial charge in [0, 0.05) is 17.7 Å². The summed E-state index contributed by atoms with van der Waals surface area (Å²) in [4.78, 5) is 12.8. The molecule has 0 spiro atoms. The molecule has 1 N–H and O–H groups in total. The molecule has 4 rings (SSSR count). The number of aryl methyl sites for hydroxylation is 1. The minimum atomic E-state index is -0.212. The fourth-order valence-corrected chi connectivity index (χ4v) is 4.32. The third kappa shape index (κ3) is 5.28. The molecule has 11 nitrogen and oxygen atoms in total. The van der Waals surface area contributed by atoms with E-state index in [9.17, 15) is 4.79 Å². The van der Waals surface area contributed by atoms with Gasteiger partial charge in [0.05, 0.1) is 45.5 Å². The number of nitrogens with one attached hydrogen (secondary N) is 1. The molecule has 0 bridgehead atoms. The Bertz CT molecular complexity index is 1370. The molecule has 0 aliphatic rings. The molecule has 2 heterocycles. The zero-order valence-electron chi connectivity index (χ0n) is 20.7. The normalized spacial score (nSPS) is 10.8. The molecule has 188 valence electrons. The lowest BCUT2D eigenvalue weighted by atomic mass is 10.1. The molecular weight excluding hydrogens is 482 g/mol. The number of ether oxygens (including phenoxy) is 3. The van der Waals surface area contributed by atoms with Crippen molar-refractivity contribution in [3.63, 3.8) is 0 Å². The van der Waals surface area contributed by atoms with Gasteiger partial charge in [-0.05, 0) is 47.5 Å². The number of nitrogens with zero attached hydrogens (tertiary/aromatic N) is 6. The van der Waals surface area contributed by atoms with Gasteiger partial charge in [-0.1, -0.05) is 23.9 Å². The fourth-order valence-electron chi connectivity index (χ4n) is 3.64. The highest BCUT2D eigenvalue weighted by molar-refractivity contribution is 7.99. The highest BCUT2D eigenvalue weighted by Crippen LogP contribution is 2.35. The number of amides is 1. The molecule has 0 saturated heterocycles. The van der Waals surface area contributed by atoms with Gasteiger partial charge in [-0.2, -0.15) is 9.78 Å². The van der Waals surface area contributed by atoms with E-state index in [0.29, 0.717) is 34.8 Å². The lowest BCUT2D eigenvalue weighted by molar-refractivity contribution is -0.113. The van der Waals surface area contributed by atoms with Crippen LogP contribution in [0.3, 0.4) is 0 Å². The summed E-state index contributed by atoms with van der Waals surface area (Å²) in [6.45, 7) is 4.40. The van der Waals surface area contributed by atoms with Gasteiger partial charge in [0.25, 0.3) is 0 Å². The average molecular weight is 510 g/mol. The second-order valence-corrected chi connectivity index (χ2v) is 8.76. The molecule has 12 heteroatoms. The molecule has 0 atom stereocenters. The van der Waals surface area contributed by atoms with E-state index < -0.39 is 0 Å². The maximum atomic E-state index is 12.8. The van der Waals surface area contributed by atoms with Crippen molar-refractivity contribution in [3.8, 4) is 22.9 Å². The summed E-state index contributed by atoms with van der Waals surface area (Å²) < 4.78 is 19.6. The number of aromatic nitrogens is 6. The van der Waals surface area contributed by atoms with Crippen molar-refractivity contribution in [2.24, 2.45) is 0 Å². The van der Waals surface area contributed by atoms with Crippen LogP contribution in [0.15, 0.2) is 47.8 Å². The maximum absolute atomic E-state index is 12.8. The summed E-state index contributed by atoms with van der Waals surface area (Å²) >= 11 is 1.25. The van der Waals surface area contributed by atoms with E-state index >= 15 is 0 Å². The number of rotatable bonds is 10. The lowest BCUT2D eigenvalue weighted by Crippen LogP contribution is -2.18. The van der Waals surface area contributed by atoms with E-state index in [4.69, 9.17) is 14.2 Å². The standard InChI is InChI=1S/C24H27N7O4S/c1-15-7-6-8-18(16(15)2)31-24(27-28-29-31)36-14-23(32)26-22-9-10-25-30(22)13-17-11-20(34-4)21(35-5)12-19(17)33-3/h6-12H,13-14H2,1-5H3,(H,26,32). The highest BCUT2D eigenvalue weighted by Gasteiger charge is 2.17. The second-order valence-electron chi connectivity index (χ2n) is 7.82. The van der Waals surface area contributed by atoms with Crippen LogP contribution in [-0.2, 0) is 11.3 Å². The minimum absolute atomic E-state index is 0.121. The van der Waals surface area contributed by atoms with E-state index in [1.54, 1.807) is 49.0 Å². The maximum Gasteiger partial charge on any atom is 0.235 e. The summed E-state index contributed by atoms with van der Waals surface area (Å²) in [6, 6.07) is 11.2. The molecule has 0 fully saturated rings. The molecule has 0 unspecified atom stereocenters. The zero-order valence-corrected chi connectivity index (χ0v) is 21.5. The molecule has 4 aromatic rings. The number of carbonyl (C=O) groups is 1. The summed E-state index contributed by atoms with van der Waals surface area (Å²) in [6.07, 6.45) is 1.62. The first kappa shape index (κ1) is 25.0. The van der Waals surface area contributed by atoms with Crippen molar-refractivity contribution in [3.05, 3.63) is 59.3 Å². The molecular formula is C24H27N7O4S. The van der Waals surface area contributed by atoms with Crippen LogP contribution >= 0.6 is 11.8 Å². The van der Waals surface area contributed by atoms with Crippen LogP contribution < -0.4 is 19.5 Å². The Balaban J connectivity index is 1.45. The Hall–Kier alpha value is -4.06. The number of hydrogen-bond donors (Lipinski definition) is 1. The van der Waals surface area contributed by atoms with Gasteiger partial charge in [-0.25, -0.2) is 4.68 Å². The summed E-state index contributed by atoms with van der Waals surface area (Å²) in [7, 11) is 4.72. The van der Waals surface area contributed by atoms with Crippen LogP contribution in [0.5, 0.6) is 17.2 Å². The number of anilines is 1. The quantitative estimate of drug-likeness (QED) is 0.321. The Labute approximate surface area is 212 Å². The zero-order chi connectivity index (χ0) is 25.7. The van der Waals surface area contributed by atoms with Crippen LogP contribution in [0.1, 0.15) is 16.7 Å². The van der Waals surface area contributed by atoms with Crippen LogP contribution in [0.2, 0.25) is 0 Å². The molecule has 0 saturated carbocycles. The first-order chi connectivity index (χ1) is 17.4. The number of methoxy groups -OCH3 is 3. The fraction of sp³-hybridized carbons (Fsp3) is 0.292. The summed E-state index contributed by atoms with van der Waals surface area (Å²) in [5.41, 5.74) is 3.91. The third-order valence-electron chi connectivity index (χ3n) is 5.67. The van der Waals surface area contributed by atoms with Gasteiger partial charge in [0.2, 0.25) is 11.1 Å². The molecule has 36 heavy (non-hydrogen) atoms. The molecule has 2 aromatic heterocycles. The average Bonchev–Trinajstić information content (AvgIpc) is 3.53. The van der Waals surface area contributed by atoms with Gasteiger partial charge < -0.3 is 19.5 Å². The number of thioether (sulfide) groups is 1. The van der Waals surface area contributed by atoms with E-state index in [2.05, 4.69) is 25.9 Å². The third-order valence-corrected chi connectivity index (χ3v) is 6.59. The molecule has 1 amide bonds. The van der Waals surface area contributed by atoms with Gasteiger partial charge in [0.15, 0.2) is 11.5 Å². The van der Waals surface area contributed by atoms with Gasteiger partial charge >= 0.3 is 0 Å². The predicted octanol–water partition coefficient (Wildman–Crippen LogP) is 3.28. The number of hydrogen-bond acceptors (Lipinski definition) is 9. The van der Waals surface area contributed by atoms with E-state index in [-0.39, 0.29) is 11.7 Å². The number of carbonyl (C=O) groups excluding carboxylic acids is 1. The van der Waals surface area contributed by atoms with Crippen LogP contribution in [0.4, 0.5) is 5.82 Å². The van der Waals surface area contributed by atoms with Crippen LogP contribution in [0, 0.1) is 13.8 Å². The van der Waals surface area contributed by atoms with Gasteiger partial charge in [-0.15, -0.1) is 5.10 Å². The minimum Gasteiger partial charge on any atom is -0.496 e. The first-order valence-corrected chi connectivity index (χ1v) is 12.0. The van der Waals surface area contributed by atoms with E-state index in [1.165, 1.54) is 11.8 Å². The van der Waals surface area contributed by atoms with E-state index in [1.807, 2.05) is 38.1 Å². The Morgan fingerprint density at radius 3 is 2.53 bits per heavy atom. The van der Waals surface area contributed by atoms with Crippen LogP contribution in [0.25, 0.3) is 5.69 Å². The van der Waals surface area contributed by atoms with Gasteiger partial charge in [0.1, 0.15) is 11.6 Å². The SMILES string of the molecule is COc1cc(OC)c(OC)cc1Cn1nccc1NC(=O)CSc1nnnn1-c1cccc(C)c1C. The lowest BCUT2D eigenvalue weighted by Gasteiger charge is -2.15.